The molecule has 1 N–H and O–H groups in total. The van der Waals surface area contributed by atoms with Crippen molar-refractivity contribution in [3.8, 4) is 6.07 Å². The van der Waals surface area contributed by atoms with E-state index in [1.54, 1.807) is 0 Å². The number of unbranched alkanes of at least 4 members (excludes halogenated alkanes) is 3. The quantitative estimate of drug-likeness (QED) is 0.707. The Bertz CT molecular complexity index is 353. The lowest BCUT2D eigenvalue weighted by molar-refractivity contribution is 0.528. The third-order valence-electron chi connectivity index (χ3n) is 2.97. The van der Waals surface area contributed by atoms with Crippen LogP contribution in [-0.2, 0) is 0 Å². The number of rotatable bonds is 7. The number of nitrogens with one attached hydrogen (secondary N) is 1. The molecule has 17 heavy (non-hydrogen) atoms. The van der Waals surface area contributed by atoms with Crippen LogP contribution < -0.4 is 5.32 Å². The van der Waals surface area contributed by atoms with Gasteiger partial charge < -0.3 is 5.32 Å². The fourth-order valence-corrected chi connectivity index (χ4v) is 1.89. The molecular weight excluding hydrogens is 208 g/mol. The van der Waals surface area contributed by atoms with Gasteiger partial charge in [-0.1, -0.05) is 50.8 Å². The summed E-state index contributed by atoms with van der Waals surface area (Å²) in [5.74, 6) is 0. The van der Waals surface area contributed by atoms with E-state index in [1.165, 1.54) is 19.3 Å². The molecule has 92 valence electrons. The summed E-state index contributed by atoms with van der Waals surface area (Å²) in [4.78, 5) is 0. The van der Waals surface area contributed by atoms with Crippen molar-refractivity contribution in [1.82, 2.24) is 0 Å². The molecule has 0 radical (unpaired) electrons. The van der Waals surface area contributed by atoms with Crippen LogP contribution in [0.25, 0.3) is 0 Å². The number of benzene rings is 1. The van der Waals surface area contributed by atoms with Gasteiger partial charge >= 0.3 is 0 Å². The number of anilines is 1. The van der Waals surface area contributed by atoms with Crippen molar-refractivity contribution >= 4 is 5.69 Å². The lowest BCUT2D eigenvalue weighted by atomic mass is 9.95. The van der Waals surface area contributed by atoms with E-state index in [0.29, 0.717) is 0 Å². The second-order valence-corrected chi connectivity index (χ2v) is 4.75. The number of nitrogens with zero attached hydrogens (tertiary/aromatic N) is 1. The molecule has 0 fully saturated rings. The third kappa shape index (κ3) is 4.91. The van der Waals surface area contributed by atoms with E-state index in [2.05, 4.69) is 18.3 Å². The second kappa shape index (κ2) is 6.96. The van der Waals surface area contributed by atoms with Gasteiger partial charge in [-0.15, -0.1) is 0 Å². The highest BCUT2D eigenvalue weighted by molar-refractivity contribution is 5.46. The molecule has 0 aliphatic carbocycles. The molecule has 0 saturated heterocycles. The Morgan fingerprint density at radius 2 is 1.88 bits per heavy atom. The molecule has 0 amide bonds. The van der Waals surface area contributed by atoms with Gasteiger partial charge in [-0.05, 0) is 25.5 Å². The second-order valence-electron chi connectivity index (χ2n) is 4.75. The van der Waals surface area contributed by atoms with Crippen LogP contribution in [-0.4, -0.2) is 5.54 Å². The maximum absolute atomic E-state index is 9.29. The minimum absolute atomic E-state index is 0.449. The van der Waals surface area contributed by atoms with Gasteiger partial charge in [-0.2, -0.15) is 5.26 Å². The largest absolute Gasteiger partial charge is 0.368 e. The van der Waals surface area contributed by atoms with Crippen molar-refractivity contribution in [2.45, 2.75) is 51.5 Å². The molecule has 0 saturated carbocycles. The van der Waals surface area contributed by atoms with E-state index in [4.69, 9.17) is 0 Å². The Labute approximate surface area is 105 Å². The zero-order chi connectivity index (χ0) is 12.6. The summed E-state index contributed by atoms with van der Waals surface area (Å²) in [5.41, 5.74) is 0.571. The lowest BCUT2D eigenvalue weighted by Crippen LogP contribution is -2.32. The average Bonchev–Trinajstić information content (AvgIpc) is 2.36. The minimum atomic E-state index is -0.449. The molecule has 0 spiro atoms. The van der Waals surface area contributed by atoms with Crippen LogP contribution in [0.4, 0.5) is 5.69 Å². The number of nitriles is 1. The summed E-state index contributed by atoms with van der Waals surface area (Å²) in [6.45, 7) is 4.18. The van der Waals surface area contributed by atoms with Crippen molar-refractivity contribution in [2.24, 2.45) is 0 Å². The number of hydrogen-bond donors (Lipinski definition) is 1. The van der Waals surface area contributed by atoms with E-state index in [9.17, 15) is 5.26 Å². The Kier molecular flexibility index (Phi) is 5.56. The van der Waals surface area contributed by atoms with E-state index in [-0.39, 0.29) is 0 Å². The highest BCUT2D eigenvalue weighted by atomic mass is 15.0. The Hall–Kier alpha value is -1.49. The van der Waals surface area contributed by atoms with Crippen molar-refractivity contribution in [3.63, 3.8) is 0 Å². The molecule has 0 aliphatic rings. The minimum Gasteiger partial charge on any atom is -0.368 e. The standard InChI is InChI=1S/C15H22N2/c1-3-4-5-9-12-15(2,13-16)17-14-10-7-6-8-11-14/h6-8,10-11,17H,3-5,9,12H2,1-2H3. The van der Waals surface area contributed by atoms with Gasteiger partial charge in [0.25, 0.3) is 0 Å². The fourth-order valence-electron chi connectivity index (χ4n) is 1.89. The molecule has 1 unspecified atom stereocenters. The predicted molar refractivity (Wildman–Crippen MR) is 72.8 cm³/mol. The predicted octanol–water partition coefficient (Wildman–Crippen LogP) is 4.35. The molecule has 1 atom stereocenters. The van der Waals surface area contributed by atoms with Gasteiger partial charge in [-0.25, -0.2) is 0 Å². The molecular formula is C15H22N2. The van der Waals surface area contributed by atoms with Crippen LogP contribution in [0.1, 0.15) is 46.0 Å². The zero-order valence-electron chi connectivity index (χ0n) is 10.9. The molecule has 1 aromatic carbocycles. The summed E-state index contributed by atoms with van der Waals surface area (Å²) in [7, 11) is 0. The van der Waals surface area contributed by atoms with Crippen molar-refractivity contribution in [1.29, 1.82) is 5.26 Å². The van der Waals surface area contributed by atoms with Crippen LogP contribution in [0.3, 0.4) is 0 Å². The van der Waals surface area contributed by atoms with Gasteiger partial charge in [0, 0.05) is 5.69 Å². The van der Waals surface area contributed by atoms with Gasteiger partial charge in [0.2, 0.25) is 0 Å². The van der Waals surface area contributed by atoms with E-state index < -0.39 is 5.54 Å². The van der Waals surface area contributed by atoms with Crippen LogP contribution in [0.5, 0.6) is 0 Å². The van der Waals surface area contributed by atoms with Crippen molar-refractivity contribution in [2.75, 3.05) is 5.32 Å². The SMILES string of the molecule is CCCCCCC(C)(C#N)Nc1ccccc1. The summed E-state index contributed by atoms with van der Waals surface area (Å²) in [5, 5.41) is 12.6. The molecule has 2 nitrogen and oxygen atoms in total. The van der Waals surface area contributed by atoms with Crippen molar-refractivity contribution < 1.29 is 0 Å². The van der Waals surface area contributed by atoms with Gasteiger partial charge in [0.1, 0.15) is 5.54 Å². The van der Waals surface area contributed by atoms with Crippen LogP contribution in [0, 0.1) is 11.3 Å². The Morgan fingerprint density at radius 3 is 2.47 bits per heavy atom. The first-order valence-corrected chi connectivity index (χ1v) is 6.44. The highest BCUT2D eigenvalue weighted by Gasteiger charge is 2.22. The molecule has 0 bridgehead atoms. The summed E-state index contributed by atoms with van der Waals surface area (Å²) >= 11 is 0. The van der Waals surface area contributed by atoms with Crippen LogP contribution in [0.15, 0.2) is 30.3 Å². The first kappa shape index (κ1) is 13.6. The third-order valence-corrected chi connectivity index (χ3v) is 2.97. The number of para-hydroxylation sites is 1. The van der Waals surface area contributed by atoms with Crippen LogP contribution in [0.2, 0.25) is 0 Å². The smallest absolute Gasteiger partial charge is 0.122 e. The maximum Gasteiger partial charge on any atom is 0.122 e. The molecule has 0 aromatic heterocycles. The van der Waals surface area contributed by atoms with Gasteiger partial charge in [0.15, 0.2) is 0 Å². The topological polar surface area (TPSA) is 35.8 Å². The maximum atomic E-state index is 9.29. The van der Waals surface area contributed by atoms with E-state index in [0.717, 1.165) is 18.5 Å². The summed E-state index contributed by atoms with van der Waals surface area (Å²) < 4.78 is 0. The summed E-state index contributed by atoms with van der Waals surface area (Å²) in [6.07, 6.45) is 5.71. The lowest BCUT2D eigenvalue weighted by Gasteiger charge is -2.24. The molecule has 2 heteroatoms. The molecule has 0 aliphatic heterocycles. The monoisotopic (exact) mass is 230 g/mol. The molecule has 0 heterocycles. The van der Waals surface area contributed by atoms with Gasteiger partial charge in [-0.3, -0.25) is 0 Å². The average molecular weight is 230 g/mol. The summed E-state index contributed by atoms with van der Waals surface area (Å²) in [6, 6.07) is 12.3. The molecule has 1 rings (SSSR count). The first-order valence-electron chi connectivity index (χ1n) is 6.44. The zero-order valence-corrected chi connectivity index (χ0v) is 10.9. The van der Waals surface area contributed by atoms with Crippen LogP contribution >= 0.6 is 0 Å². The fraction of sp³-hybridized carbons (Fsp3) is 0.533. The first-order chi connectivity index (χ1) is 8.20. The van der Waals surface area contributed by atoms with E-state index >= 15 is 0 Å². The normalized spacial score (nSPS) is 13.7. The Morgan fingerprint density at radius 1 is 1.18 bits per heavy atom. The van der Waals surface area contributed by atoms with Crippen molar-refractivity contribution in [3.05, 3.63) is 30.3 Å². The van der Waals surface area contributed by atoms with Gasteiger partial charge in [0.05, 0.1) is 6.07 Å². The highest BCUT2D eigenvalue weighted by Crippen LogP contribution is 2.20. The van der Waals surface area contributed by atoms with E-state index in [1.807, 2.05) is 37.3 Å². The number of hydrogen-bond acceptors (Lipinski definition) is 2. The Balaban J connectivity index is 2.48. The molecule has 1 aromatic rings.